The van der Waals surface area contributed by atoms with Gasteiger partial charge in [0.05, 0.1) is 5.52 Å². The number of nitrogens with one attached hydrogen (secondary N) is 2. The fourth-order valence-corrected chi connectivity index (χ4v) is 1.75. The molecule has 1 aromatic carbocycles. The maximum Gasteiger partial charge on any atom is 0.276 e. The van der Waals surface area contributed by atoms with E-state index >= 15 is 0 Å². The number of halogens is 1. The third-order valence-corrected chi connectivity index (χ3v) is 2.89. The molecule has 1 heterocycles. The van der Waals surface area contributed by atoms with E-state index in [1.165, 1.54) is 7.05 Å². The number of nitrogens with two attached hydrogens (primary N) is 1. The van der Waals surface area contributed by atoms with Gasteiger partial charge in [-0.1, -0.05) is 6.07 Å². The Bertz CT molecular complexity index is 611. The molecule has 0 aliphatic rings. The molecule has 102 valence electrons. The van der Waals surface area contributed by atoms with Gasteiger partial charge in [-0.25, -0.2) is 0 Å². The van der Waals surface area contributed by atoms with E-state index in [9.17, 15) is 9.90 Å². The van der Waals surface area contributed by atoms with Gasteiger partial charge >= 0.3 is 0 Å². The number of nitrogens with zero attached hydrogens (tertiary/aromatic N) is 1. The predicted octanol–water partition coefficient (Wildman–Crippen LogP) is 1.57. The molecule has 0 unspecified atom stereocenters. The number of aryl methyl sites for hydroxylation is 1. The molecule has 1 aromatic heterocycles. The lowest BCUT2D eigenvalue weighted by Gasteiger charge is -2.12. The van der Waals surface area contributed by atoms with Crippen LogP contribution in [0.2, 0.25) is 0 Å². The molecule has 0 radical (unpaired) electrons. The third-order valence-electron chi connectivity index (χ3n) is 2.89. The Morgan fingerprint density at radius 1 is 1.47 bits per heavy atom. The molecular formula is C12H15ClN4O2. The Hall–Kier alpha value is -2.21. The molecule has 0 bridgehead atoms. The van der Waals surface area contributed by atoms with E-state index in [1.54, 1.807) is 18.2 Å². The summed E-state index contributed by atoms with van der Waals surface area (Å²) in [6, 6.07) is 4.98. The summed E-state index contributed by atoms with van der Waals surface area (Å²) in [5.74, 6) is -0.669. The highest BCUT2D eigenvalue weighted by Gasteiger charge is 2.17. The fraction of sp³-hybridized carbons (Fsp3) is 0.167. The molecule has 5 N–H and O–H groups in total. The minimum absolute atomic E-state index is 0. The Kier molecular flexibility index (Phi) is 4.06. The van der Waals surface area contributed by atoms with Crippen molar-refractivity contribution in [2.24, 2.45) is 5.73 Å². The number of carbonyl (C=O) groups excluding carboxylic acids is 1. The van der Waals surface area contributed by atoms with Crippen molar-refractivity contribution in [2.45, 2.75) is 6.92 Å². The van der Waals surface area contributed by atoms with Crippen LogP contribution >= 0.6 is 12.4 Å². The number of guanidine groups is 1. The van der Waals surface area contributed by atoms with E-state index in [2.05, 4.69) is 4.98 Å². The van der Waals surface area contributed by atoms with Gasteiger partial charge in [0.25, 0.3) is 5.91 Å². The Morgan fingerprint density at radius 3 is 2.63 bits per heavy atom. The van der Waals surface area contributed by atoms with Crippen LogP contribution in [0.15, 0.2) is 18.2 Å². The smallest absolute Gasteiger partial charge is 0.276 e. The molecule has 0 spiro atoms. The molecule has 7 heteroatoms. The van der Waals surface area contributed by atoms with Crippen LogP contribution in [0.4, 0.5) is 0 Å². The van der Waals surface area contributed by atoms with Crippen molar-refractivity contribution in [1.29, 1.82) is 5.41 Å². The molecule has 0 atom stereocenters. The predicted molar refractivity (Wildman–Crippen MR) is 76.0 cm³/mol. The summed E-state index contributed by atoms with van der Waals surface area (Å²) >= 11 is 0. The van der Waals surface area contributed by atoms with Gasteiger partial charge in [0, 0.05) is 12.4 Å². The summed E-state index contributed by atoms with van der Waals surface area (Å²) in [4.78, 5) is 15.8. The van der Waals surface area contributed by atoms with Gasteiger partial charge in [-0.3, -0.25) is 15.1 Å². The molecule has 2 rings (SSSR count). The molecular weight excluding hydrogens is 268 g/mol. The number of H-pyrrole nitrogens is 1. The number of rotatable bonds is 1. The average Bonchev–Trinajstić information content (AvgIpc) is 2.78. The number of amides is 1. The van der Waals surface area contributed by atoms with Crippen molar-refractivity contribution >= 4 is 35.2 Å². The Labute approximate surface area is 116 Å². The minimum Gasteiger partial charge on any atom is -0.506 e. The second-order valence-electron chi connectivity index (χ2n) is 4.12. The first-order chi connectivity index (χ1) is 8.41. The highest BCUT2D eigenvalue weighted by Crippen LogP contribution is 2.27. The highest BCUT2D eigenvalue weighted by atomic mass is 35.5. The van der Waals surface area contributed by atoms with Crippen molar-refractivity contribution in [3.8, 4) is 5.75 Å². The van der Waals surface area contributed by atoms with Crippen molar-refractivity contribution in [2.75, 3.05) is 7.05 Å². The van der Waals surface area contributed by atoms with E-state index in [0.29, 0.717) is 5.52 Å². The molecule has 0 fully saturated rings. The SMILES string of the molecule is Cc1ccc(O)c2[nH]c(C(=O)N(C)C(=N)N)cc12.Cl. The zero-order chi connectivity index (χ0) is 13.4. The fourth-order valence-electron chi connectivity index (χ4n) is 1.75. The maximum atomic E-state index is 12.0. The topological polar surface area (TPSA) is 106 Å². The second kappa shape index (κ2) is 5.19. The summed E-state index contributed by atoms with van der Waals surface area (Å²) in [5, 5.41) is 17.7. The lowest BCUT2D eigenvalue weighted by molar-refractivity contribution is 0.0864. The number of hydrogen-bond acceptors (Lipinski definition) is 3. The standard InChI is InChI=1S/C12H14N4O2.ClH/c1-6-3-4-9(17)10-7(6)5-8(15-10)11(18)16(2)12(13)14;/h3-5,15,17H,1-2H3,(H3,13,14);1H. The summed E-state index contributed by atoms with van der Waals surface area (Å²) in [6.45, 7) is 1.89. The maximum absolute atomic E-state index is 12.0. The van der Waals surface area contributed by atoms with E-state index in [1.807, 2.05) is 6.92 Å². The lowest BCUT2D eigenvalue weighted by Crippen LogP contribution is -2.38. The zero-order valence-corrected chi connectivity index (χ0v) is 11.3. The molecule has 1 amide bonds. The van der Waals surface area contributed by atoms with Crippen molar-refractivity contribution < 1.29 is 9.90 Å². The summed E-state index contributed by atoms with van der Waals surface area (Å²) in [5.41, 5.74) is 7.00. The number of aromatic nitrogens is 1. The molecule has 0 aliphatic carbocycles. The molecule has 0 aliphatic heterocycles. The van der Waals surface area contributed by atoms with Crippen LogP contribution in [0, 0.1) is 12.3 Å². The number of aromatic amines is 1. The van der Waals surface area contributed by atoms with Gasteiger partial charge in [-0.15, -0.1) is 12.4 Å². The number of hydrogen-bond donors (Lipinski definition) is 4. The van der Waals surface area contributed by atoms with Crippen LogP contribution < -0.4 is 5.73 Å². The Balaban J connectivity index is 0.00000180. The lowest BCUT2D eigenvalue weighted by atomic mass is 10.1. The van der Waals surface area contributed by atoms with Gasteiger partial charge in [0.2, 0.25) is 0 Å². The normalized spacial score (nSPS) is 10.0. The third kappa shape index (κ3) is 2.48. The zero-order valence-electron chi connectivity index (χ0n) is 10.5. The second-order valence-corrected chi connectivity index (χ2v) is 4.12. The first-order valence-corrected chi connectivity index (χ1v) is 5.35. The summed E-state index contributed by atoms with van der Waals surface area (Å²) < 4.78 is 0. The van der Waals surface area contributed by atoms with Crippen LogP contribution in [0.3, 0.4) is 0 Å². The van der Waals surface area contributed by atoms with E-state index in [0.717, 1.165) is 15.8 Å². The van der Waals surface area contributed by atoms with Gasteiger partial charge in [-0.2, -0.15) is 0 Å². The number of phenols is 1. The molecule has 6 nitrogen and oxygen atoms in total. The number of phenolic OH excluding ortho intramolecular Hbond substituents is 1. The van der Waals surface area contributed by atoms with E-state index in [-0.39, 0.29) is 29.8 Å². The van der Waals surface area contributed by atoms with Gasteiger partial charge < -0.3 is 15.8 Å². The molecule has 2 aromatic rings. The van der Waals surface area contributed by atoms with Crippen LogP contribution in [-0.2, 0) is 0 Å². The number of fused-ring (bicyclic) bond motifs is 1. The van der Waals surface area contributed by atoms with Gasteiger partial charge in [0.1, 0.15) is 11.4 Å². The van der Waals surface area contributed by atoms with Crippen LogP contribution in [-0.4, -0.2) is 33.9 Å². The summed E-state index contributed by atoms with van der Waals surface area (Å²) in [7, 11) is 1.42. The van der Waals surface area contributed by atoms with E-state index in [4.69, 9.17) is 11.1 Å². The largest absolute Gasteiger partial charge is 0.506 e. The van der Waals surface area contributed by atoms with Gasteiger partial charge in [0.15, 0.2) is 5.96 Å². The molecule has 19 heavy (non-hydrogen) atoms. The number of aromatic hydroxyl groups is 1. The molecule has 0 saturated heterocycles. The minimum atomic E-state index is -0.419. The van der Waals surface area contributed by atoms with Gasteiger partial charge in [-0.05, 0) is 24.6 Å². The first-order valence-electron chi connectivity index (χ1n) is 5.35. The summed E-state index contributed by atoms with van der Waals surface area (Å²) in [6.07, 6.45) is 0. The molecule has 0 saturated carbocycles. The monoisotopic (exact) mass is 282 g/mol. The number of carbonyl (C=O) groups is 1. The average molecular weight is 283 g/mol. The Morgan fingerprint density at radius 2 is 2.11 bits per heavy atom. The van der Waals surface area contributed by atoms with Crippen molar-refractivity contribution in [3.63, 3.8) is 0 Å². The van der Waals surface area contributed by atoms with E-state index < -0.39 is 5.91 Å². The van der Waals surface area contributed by atoms with Crippen LogP contribution in [0.1, 0.15) is 16.1 Å². The van der Waals surface area contributed by atoms with Crippen molar-refractivity contribution in [1.82, 2.24) is 9.88 Å². The van der Waals surface area contributed by atoms with Crippen molar-refractivity contribution in [3.05, 3.63) is 29.5 Å². The number of benzene rings is 1. The van der Waals surface area contributed by atoms with Crippen LogP contribution in [0.5, 0.6) is 5.75 Å². The first kappa shape index (κ1) is 14.8. The highest BCUT2D eigenvalue weighted by molar-refractivity contribution is 6.06. The quantitative estimate of drug-likeness (QED) is 0.471. The van der Waals surface area contributed by atoms with Crippen LogP contribution in [0.25, 0.3) is 10.9 Å².